The van der Waals surface area contributed by atoms with E-state index in [4.69, 9.17) is 20.2 Å². The first kappa shape index (κ1) is 97.5. The minimum atomic E-state index is -0.879. The number of imidazole rings is 1. The third-order valence-electron chi connectivity index (χ3n) is 26.2. The van der Waals surface area contributed by atoms with E-state index in [1.165, 1.54) is 118 Å². The number of aromatic amines is 1. The predicted octanol–water partition coefficient (Wildman–Crippen LogP) is 26.4. The number of carboxylic acids is 2. The standard InChI is InChI=1S/C20H19N3O.C18H21N3.C17H19N3.C16H22N2O.C14H16N4.2C14H17NO2/c1-13(2)17-12-23(3)18-10-9-15(11-16(17)18)20-22-21-19(24-20)14-7-5-4-6-8-14;1-12(2)15-10-20(3)17-7-6-13(9-14(15)17)16-11-21-8-4-5-18(21)19-16;1-11(2)15-10-20(4)16-6-5-13(9-14(15)16)17-18-8-7-12(3)19-17;1-9(2)11-6-12-8-14(16(17)19)18(5)15(12)13(7-11)10(3)4;1-9(2)12-7-18(3)13-5-4-10(6-11(12)13)14-15-8-16-17-14;1-8(2)11-6-9(3)5-10-7-12(14(16)17)15(4)13(10)11;1-8(2)10-6-5-7-11-12(14(16)17)9(3)15(4)13(10)11/h4-13H,1-3H3;6-7,9-12H,4-5,8H2,1-3H3;5-11H,1-4H3;6-10H,1-5H3,(H2,17,19);4-9H,1-3H3,(H,15,16,17);2*5-8H,1-4H3,(H,16,17). The highest BCUT2D eigenvalue weighted by molar-refractivity contribution is 6.06. The summed E-state index contributed by atoms with van der Waals surface area (Å²) in [6.07, 6.45) is 16.8. The van der Waals surface area contributed by atoms with E-state index >= 15 is 0 Å². The lowest BCUT2D eigenvalue weighted by Crippen LogP contribution is -2.15. The van der Waals surface area contributed by atoms with Crippen LogP contribution in [-0.4, -0.2) is 105 Å². The Morgan fingerprint density at radius 3 is 1.39 bits per heavy atom. The number of aryl methyl sites for hydroxylation is 11. The van der Waals surface area contributed by atoms with Gasteiger partial charge in [-0.1, -0.05) is 171 Å². The molecule has 1 aliphatic rings. The Morgan fingerprint density at radius 2 is 0.897 bits per heavy atom. The van der Waals surface area contributed by atoms with Crippen LogP contribution in [-0.2, 0) is 62.3 Å². The van der Waals surface area contributed by atoms with Crippen molar-refractivity contribution in [1.29, 1.82) is 0 Å². The summed E-state index contributed by atoms with van der Waals surface area (Å²) in [6, 6.07) is 55.8. The quantitative estimate of drug-likeness (QED) is 0.0701. The van der Waals surface area contributed by atoms with Gasteiger partial charge in [-0.3, -0.25) is 9.89 Å². The molecule has 19 aromatic rings. The zero-order valence-electron chi connectivity index (χ0n) is 83.7. The van der Waals surface area contributed by atoms with Gasteiger partial charge in [0.25, 0.3) is 5.91 Å². The first-order chi connectivity index (χ1) is 64.7. The first-order valence-electron chi connectivity index (χ1n) is 47.2. The van der Waals surface area contributed by atoms with E-state index in [9.17, 15) is 19.5 Å². The number of nitrogens with two attached hydrogens (primary N) is 1. The Kier molecular flexibility index (Phi) is 29.2. The summed E-state index contributed by atoms with van der Waals surface area (Å²) in [6.45, 7) is 42.0. The van der Waals surface area contributed by atoms with Crippen LogP contribution in [0.2, 0.25) is 0 Å². The van der Waals surface area contributed by atoms with Crippen LogP contribution >= 0.6 is 0 Å². The number of aromatic carboxylic acids is 2. The third kappa shape index (κ3) is 20.3. The largest absolute Gasteiger partial charge is 0.478 e. The SMILES string of the molecule is CC(C)c1cc(C(C)C)c2c(c1)cc(C(N)=O)n2C.CC(C)c1cn(C)c2ccc(-c3cn4c(n3)CCC4)cc12.CC(C)c1cn(C)c2ccc(-c3ncn[nH]3)cc12.CC(C)c1cn(C)c2ccc(-c3nnc(-c4ccccc4)o3)cc12.Cc1c(C(=O)O)c2cccc(C(C)C)c2n1C.Cc1cc(C(C)C)c2c(c1)cc(C(=O)O)n2C.Cc1ccnc(-c2ccc3c(c2)c(C(C)C)cn3C)n1. The second-order valence-corrected chi connectivity index (χ2v) is 38.7. The molecule has 0 atom stereocenters. The van der Waals surface area contributed by atoms with Crippen LogP contribution in [0.5, 0.6) is 0 Å². The van der Waals surface area contributed by atoms with Gasteiger partial charge in [-0.25, -0.2) is 29.5 Å². The number of hydrogen-bond acceptors (Lipinski definition) is 11. The second kappa shape index (κ2) is 40.8. The molecule has 704 valence electrons. The average Bonchev–Trinajstić information content (AvgIpc) is 1.44. The molecule has 12 heterocycles. The maximum absolute atomic E-state index is 11.5. The van der Waals surface area contributed by atoms with Crippen LogP contribution in [0.4, 0.5) is 0 Å². The number of benzene rings is 8. The highest BCUT2D eigenvalue weighted by atomic mass is 16.4. The maximum Gasteiger partial charge on any atom is 0.352 e. The number of hydrogen-bond donors (Lipinski definition) is 4. The van der Waals surface area contributed by atoms with Gasteiger partial charge in [0.2, 0.25) is 11.8 Å². The molecule has 0 radical (unpaired) electrons. The Balaban J connectivity index is 0.000000127. The fraction of sp³-hybridized carbons (Fsp3) is 0.327. The maximum atomic E-state index is 11.5. The van der Waals surface area contributed by atoms with Crippen molar-refractivity contribution in [2.75, 3.05) is 0 Å². The summed E-state index contributed by atoms with van der Waals surface area (Å²) in [7, 11) is 14.0. The summed E-state index contributed by atoms with van der Waals surface area (Å²) >= 11 is 0. The van der Waals surface area contributed by atoms with E-state index in [1.54, 1.807) is 10.6 Å². The minimum Gasteiger partial charge on any atom is -0.478 e. The molecule has 0 aliphatic carbocycles. The molecule has 0 fully saturated rings. The van der Waals surface area contributed by atoms with Gasteiger partial charge in [0.1, 0.15) is 23.5 Å². The van der Waals surface area contributed by atoms with Gasteiger partial charge in [0, 0.05) is 198 Å². The molecule has 0 unspecified atom stereocenters. The van der Waals surface area contributed by atoms with Gasteiger partial charge >= 0.3 is 11.9 Å². The molecular weight excluding hydrogens is 1690 g/mol. The van der Waals surface area contributed by atoms with Crippen molar-refractivity contribution in [1.82, 2.24) is 76.9 Å². The molecule has 20 rings (SSSR count). The Labute approximate surface area is 797 Å². The van der Waals surface area contributed by atoms with Crippen LogP contribution in [0.15, 0.2) is 212 Å². The molecule has 11 aromatic heterocycles. The number of fused-ring (bicyclic) bond motifs is 8. The van der Waals surface area contributed by atoms with Gasteiger partial charge in [-0.2, -0.15) is 5.10 Å². The molecule has 5 N–H and O–H groups in total. The van der Waals surface area contributed by atoms with Gasteiger partial charge in [-0.05, 0) is 228 Å². The number of carbonyl (C=O) groups excluding carboxylic acids is 1. The highest BCUT2D eigenvalue weighted by Gasteiger charge is 2.25. The van der Waals surface area contributed by atoms with Gasteiger partial charge in [-0.15, -0.1) is 10.2 Å². The molecule has 23 heteroatoms. The number of rotatable bonds is 16. The van der Waals surface area contributed by atoms with Crippen LogP contribution in [0.3, 0.4) is 0 Å². The van der Waals surface area contributed by atoms with E-state index in [0.717, 1.165) is 96.7 Å². The van der Waals surface area contributed by atoms with E-state index in [2.05, 4.69) is 319 Å². The Morgan fingerprint density at radius 1 is 0.419 bits per heavy atom. The first-order valence-corrected chi connectivity index (χ1v) is 47.2. The van der Waals surface area contributed by atoms with Gasteiger partial charge in [0.15, 0.2) is 11.6 Å². The molecule has 0 saturated heterocycles. The lowest BCUT2D eigenvalue weighted by atomic mass is 9.93. The summed E-state index contributed by atoms with van der Waals surface area (Å²) in [4.78, 5) is 51.8. The lowest BCUT2D eigenvalue weighted by molar-refractivity contribution is 0.0680. The number of primary amides is 1. The Hall–Kier alpha value is -14.5. The second-order valence-electron chi connectivity index (χ2n) is 38.7. The summed E-state index contributed by atoms with van der Waals surface area (Å²) < 4.78 is 22.6. The third-order valence-corrected chi connectivity index (χ3v) is 26.2. The van der Waals surface area contributed by atoms with Crippen molar-refractivity contribution in [3.05, 3.63) is 292 Å². The average molecular weight is 1820 g/mol. The number of H-pyrrole nitrogens is 1. The van der Waals surface area contributed by atoms with Crippen molar-refractivity contribution in [3.8, 4) is 56.9 Å². The summed E-state index contributed by atoms with van der Waals surface area (Å²) in [5.74, 6) is 5.51. The molecule has 0 spiro atoms. The fourth-order valence-electron chi connectivity index (χ4n) is 18.8. The molecule has 8 aromatic carbocycles. The monoisotopic (exact) mass is 1820 g/mol. The molecule has 1 aliphatic heterocycles. The van der Waals surface area contributed by atoms with Crippen LogP contribution in [0, 0.1) is 20.8 Å². The molecule has 23 nitrogen and oxygen atoms in total. The predicted molar refractivity (Wildman–Crippen MR) is 554 cm³/mol. The highest BCUT2D eigenvalue weighted by Crippen LogP contribution is 2.40. The van der Waals surface area contributed by atoms with E-state index in [-0.39, 0.29) is 5.91 Å². The number of para-hydroxylation sites is 1. The summed E-state index contributed by atoms with van der Waals surface area (Å²) in [5, 5.41) is 41.8. The van der Waals surface area contributed by atoms with Crippen LogP contribution in [0.1, 0.15) is 263 Å². The van der Waals surface area contributed by atoms with Crippen LogP contribution in [0.25, 0.3) is 133 Å². The minimum absolute atomic E-state index is 0.340. The van der Waals surface area contributed by atoms with E-state index in [0.29, 0.717) is 76.1 Å². The fourth-order valence-corrected chi connectivity index (χ4v) is 18.8. The molecule has 0 bridgehead atoms. The smallest absolute Gasteiger partial charge is 0.352 e. The van der Waals surface area contributed by atoms with E-state index < -0.39 is 11.9 Å². The number of aromatic nitrogens is 16. The molecule has 0 saturated carbocycles. The van der Waals surface area contributed by atoms with E-state index in [1.807, 2.05) is 124 Å². The van der Waals surface area contributed by atoms with Crippen molar-refractivity contribution >= 4 is 94.2 Å². The molecule has 136 heavy (non-hydrogen) atoms. The van der Waals surface area contributed by atoms with Crippen molar-refractivity contribution < 1.29 is 29.0 Å². The number of carboxylic acid groups (broad SMARTS) is 2. The molecular formula is C113H131N17O6. The van der Waals surface area contributed by atoms with Crippen molar-refractivity contribution in [2.24, 2.45) is 55.1 Å². The van der Waals surface area contributed by atoms with Crippen LogP contribution < -0.4 is 5.73 Å². The number of nitrogens with one attached hydrogen (secondary N) is 1. The Bertz CT molecular complexity index is 7560. The zero-order valence-corrected chi connectivity index (χ0v) is 83.7. The number of amides is 1. The zero-order chi connectivity index (χ0) is 98.0. The van der Waals surface area contributed by atoms with Crippen molar-refractivity contribution in [3.63, 3.8) is 0 Å². The summed E-state index contributed by atoms with van der Waals surface area (Å²) in [5.41, 5.74) is 34.8. The van der Waals surface area contributed by atoms with Gasteiger partial charge < -0.3 is 56.9 Å². The topological polar surface area (TPSA) is 276 Å². The lowest BCUT2D eigenvalue weighted by Gasteiger charge is -2.14. The molecule has 1 amide bonds. The normalized spacial score (nSPS) is 11.9. The van der Waals surface area contributed by atoms with Gasteiger partial charge in [0.05, 0.1) is 27.8 Å². The number of carbonyl (C=O) groups is 3. The van der Waals surface area contributed by atoms with Crippen molar-refractivity contribution in [2.45, 2.75) is 198 Å². The number of nitrogens with zero attached hydrogens (tertiary/aromatic N) is 15.